The SMILES string of the molecule is C[C@@H]1CCc2c(sc(NC(=O)c3cc(Cl)ccc3Cl)c2C(N)=O)C1. The summed E-state index contributed by atoms with van der Waals surface area (Å²) in [7, 11) is 0. The summed E-state index contributed by atoms with van der Waals surface area (Å²) < 4.78 is 0. The van der Waals surface area contributed by atoms with Crippen LogP contribution in [0.4, 0.5) is 5.00 Å². The second-order valence-corrected chi connectivity index (χ2v) is 7.95. The predicted molar refractivity (Wildman–Crippen MR) is 98.4 cm³/mol. The van der Waals surface area contributed by atoms with Crippen LogP contribution in [0.3, 0.4) is 0 Å². The van der Waals surface area contributed by atoms with Crippen molar-refractivity contribution < 1.29 is 9.59 Å². The fourth-order valence-electron chi connectivity index (χ4n) is 2.94. The van der Waals surface area contributed by atoms with Crippen LogP contribution in [0.25, 0.3) is 0 Å². The Hall–Kier alpha value is -1.56. The summed E-state index contributed by atoms with van der Waals surface area (Å²) in [5.74, 6) is -0.367. The van der Waals surface area contributed by atoms with E-state index in [2.05, 4.69) is 12.2 Å². The minimum Gasteiger partial charge on any atom is -0.365 e. The quantitative estimate of drug-likeness (QED) is 0.817. The standard InChI is InChI=1S/C17H16Cl2N2O2S/c1-8-2-4-10-13(6-8)24-17(14(10)15(20)22)21-16(23)11-7-9(18)3-5-12(11)19/h3,5,7-8H,2,4,6H2,1H3,(H2,20,22)(H,21,23)/t8-/m1/s1. The van der Waals surface area contributed by atoms with Crippen LogP contribution in [-0.4, -0.2) is 11.8 Å². The minimum atomic E-state index is -0.519. The zero-order valence-corrected chi connectivity index (χ0v) is 15.3. The number of halogens is 2. The van der Waals surface area contributed by atoms with Crippen LogP contribution in [0.1, 0.15) is 44.5 Å². The van der Waals surface area contributed by atoms with Crippen LogP contribution in [0.2, 0.25) is 10.0 Å². The van der Waals surface area contributed by atoms with Gasteiger partial charge in [0.15, 0.2) is 0 Å². The first-order valence-corrected chi connectivity index (χ1v) is 9.14. The van der Waals surface area contributed by atoms with Crippen LogP contribution < -0.4 is 11.1 Å². The van der Waals surface area contributed by atoms with E-state index in [0.29, 0.717) is 26.5 Å². The first kappa shape index (κ1) is 17.3. The van der Waals surface area contributed by atoms with E-state index in [4.69, 9.17) is 28.9 Å². The number of benzene rings is 1. The smallest absolute Gasteiger partial charge is 0.257 e. The van der Waals surface area contributed by atoms with E-state index in [-0.39, 0.29) is 5.56 Å². The first-order chi connectivity index (χ1) is 11.4. The molecule has 126 valence electrons. The van der Waals surface area contributed by atoms with Crippen LogP contribution >= 0.6 is 34.5 Å². The second kappa shape index (κ2) is 6.75. The normalized spacial score (nSPS) is 16.5. The van der Waals surface area contributed by atoms with E-state index in [9.17, 15) is 9.59 Å². The number of carbonyl (C=O) groups is 2. The Labute approximate surface area is 153 Å². The van der Waals surface area contributed by atoms with Crippen molar-refractivity contribution in [3.05, 3.63) is 49.8 Å². The molecule has 0 bridgehead atoms. The molecule has 1 aliphatic carbocycles. The Morgan fingerprint density at radius 2 is 2.08 bits per heavy atom. The molecule has 7 heteroatoms. The van der Waals surface area contributed by atoms with Gasteiger partial charge in [-0.05, 0) is 48.9 Å². The summed E-state index contributed by atoms with van der Waals surface area (Å²) in [4.78, 5) is 25.6. The lowest BCUT2D eigenvalue weighted by Gasteiger charge is -2.18. The number of rotatable bonds is 3. The van der Waals surface area contributed by atoms with E-state index in [1.54, 1.807) is 12.1 Å². The molecule has 0 unspecified atom stereocenters. The number of carbonyl (C=O) groups excluding carboxylic acids is 2. The molecule has 0 fully saturated rings. The van der Waals surface area contributed by atoms with Crippen LogP contribution in [0, 0.1) is 5.92 Å². The van der Waals surface area contributed by atoms with E-state index in [1.165, 1.54) is 17.4 Å². The Morgan fingerprint density at radius 3 is 2.79 bits per heavy atom. The molecule has 0 spiro atoms. The van der Waals surface area contributed by atoms with Crippen molar-refractivity contribution in [2.75, 3.05) is 5.32 Å². The molecule has 1 aromatic carbocycles. The maximum Gasteiger partial charge on any atom is 0.257 e. The molecule has 1 aromatic heterocycles. The summed E-state index contributed by atoms with van der Waals surface area (Å²) in [5.41, 5.74) is 7.21. The molecule has 3 rings (SSSR count). The van der Waals surface area contributed by atoms with Gasteiger partial charge in [-0.3, -0.25) is 9.59 Å². The van der Waals surface area contributed by atoms with Gasteiger partial charge in [-0.25, -0.2) is 0 Å². The van der Waals surface area contributed by atoms with Gasteiger partial charge in [0.1, 0.15) is 5.00 Å². The fourth-order valence-corrected chi connectivity index (χ4v) is 4.73. The summed E-state index contributed by atoms with van der Waals surface area (Å²) in [6, 6.07) is 4.68. The fraction of sp³-hybridized carbons (Fsp3) is 0.294. The van der Waals surface area contributed by atoms with Gasteiger partial charge in [0.05, 0.1) is 16.1 Å². The monoisotopic (exact) mass is 382 g/mol. The molecule has 2 amide bonds. The summed E-state index contributed by atoms with van der Waals surface area (Å²) in [5, 5.41) is 3.99. The van der Waals surface area contributed by atoms with E-state index < -0.39 is 11.8 Å². The van der Waals surface area contributed by atoms with E-state index in [0.717, 1.165) is 29.7 Å². The molecular formula is C17H16Cl2N2O2S. The minimum absolute atomic E-state index is 0.263. The largest absolute Gasteiger partial charge is 0.365 e. The molecular weight excluding hydrogens is 367 g/mol. The molecule has 1 heterocycles. The van der Waals surface area contributed by atoms with Crippen LogP contribution in [-0.2, 0) is 12.8 Å². The molecule has 4 nitrogen and oxygen atoms in total. The number of thiophene rings is 1. The lowest BCUT2D eigenvalue weighted by atomic mass is 9.88. The first-order valence-electron chi connectivity index (χ1n) is 7.57. The summed E-state index contributed by atoms with van der Waals surface area (Å²) in [6.07, 6.45) is 2.71. The molecule has 2 aromatic rings. The number of anilines is 1. The Balaban J connectivity index is 1.96. The van der Waals surface area contributed by atoms with Crippen LogP contribution in [0.5, 0.6) is 0 Å². The lowest BCUT2D eigenvalue weighted by Crippen LogP contribution is -2.19. The molecule has 0 aliphatic heterocycles. The topological polar surface area (TPSA) is 72.2 Å². The van der Waals surface area contributed by atoms with Gasteiger partial charge in [-0.2, -0.15) is 0 Å². The van der Waals surface area contributed by atoms with Crippen molar-refractivity contribution in [1.29, 1.82) is 0 Å². The Bertz CT molecular complexity index is 832. The highest BCUT2D eigenvalue weighted by Crippen LogP contribution is 2.39. The highest BCUT2D eigenvalue weighted by molar-refractivity contribution is 7.17. The number of hydrogen-bond acceptors (Lipinski definition) is 3. The van der Waals surface area contributed by atoms with Crippen molar-refractivity contribution in [2.45, 2.75) is 26.2 Å². The average molecular weight is 383 g/mol. The van der Waals surface area contributed by atoms with Crippen molar-refractivity contribution in [3.63, 3.8) is 0 Å². The number of hydrogen-bond donors (Lipinski definition) is 2. The van der Waals surface area contributed by atoms with Crippen molar-refractivity contribution in [3.8, 4) is 0 Å². The third-order valence-corrected chi connectivity index (χ3v) is 5.89. The molecule has 3 N–H and O–H groups in total. The number of nitrogens with one attached hydrogen (secondary N) is 1. The van der Waals surface area contributed by atoms with Gasteiger partial charge in [-0.15, -0.1) is 11.3 Å². The lowest BCUT2D eigenvalue weighted by molar-refractivity contribution is 0.1000. The van der Waals surface area contributed by atoms with Crippen molar-refractivity contribution in [1.82, 2.24) is 0 Å². The highest BCUT2D eigenvalue weighted by atomic mass is 35.5. The molecule has 1 atom stereocenters. The average Bonchev–Trinajstić information content (AvgIpc) is 2.86. The van der Waals surface area contributed by atoms with Crippen molar-refractivity contribution in [2.24, 2.45) is 11.7 Å². The molecule has 0 saturated carbocycles. The number of amides is 2. The maximum absolute atomic E-state index is 12.5. The van der Waals surface area contributed by atoms with Gasteiger partial charge >= 0.3 is 0 Å². The number of nitrogens with two attached hydrogens (primary N) is 1. The van der Waals surface area contributed by atoms with Gasteiger partial charge < -0.3 is 11.1 Å². The molecule has 24 heavy (non-hydrogen) atoms. The number of primary amides is 1. The third kappa shape index (κ3) is 3.29. The zero-order chi connectivity index (χ0) is 17.4. The second-order valence-electron chi connectivity index (χ2n) is 6.00. The van der Waals surface area contributed by atoms with Gasteiger partial charge in [0.2, 0.25) is 0 Å². The Kier molecular flexibility index (Phi) is 4.85. The molecule has 1 aliphatic rings. The van der Waals surface area contributed by atoms with Crippen molar-refractivity contribution >= 4 is 51.4 Å². The zero-order valence-electron chi connectivity index (χ0n) is 13.0. The van der Waals surface area contributed by atoms with Gasteiger partial charge in [0, 0.05) is 9.90 Å². The summed E-state index contributed by atoms with van der Waals surface area (Å²) in [6.45, 7) is 2.18. The Morgan fingerprint density at radius 1 is 1.33 bits per heavy atom. The predicted octanol–water partition coefficient (Wildman–Crippen LogP) is 4.53. The highest BCUT2D eigenvalue weighted by Gasteiger charge is 2.27. The van der Waals surface area contributed by atoms with E-state index >= 15 is 0 Å². The molecule has 0 saturated heterocycles. The van der Waals surface area contributed by atoms with E-state index in [1.807, 2.05) is 0 Å². The van der Waals surface area contributed by atoms with Gasteiger partial charge in [0.25, 0.3) is 11.8 Å². The maximum atomic E-state index is 12.5. The number of fused-ring (bicyclic) bond motifs is 1. The van der Waals surface area contributed by atoms with Crippen LogP contribution in [0.15, 0.2) is 18.2 Å². The van der Waals surface area contributed by atoms with Gasteiger partial charge in [-0.1, -0.05) is 30.1 Å². The third-order valence-electron chi connectivity index (χ3n) is 4.16. The molecule has 0 radical (unpaired) electrons. The summed E-state index contributed by atoms with van der Waals surface area (Å²) >= 11 is 13.4.